The van der Waals surface area contributed by atoms with Gasteiger partial charge in [-0.1, -0.05) is 13.8 Å². The number of carbonyl (C=O) groups excluding carboxylic acids is 2. The molecule has 0 saturated heterocycles. The zero-order chi connectivity index (χ0) is 17.2. The van der Waals surface area contributed by atoms with Gasteiger partial charge in [0.05, 0.1) is 6.61 Å². The first-order valence-electron chi connectivity index (χ1n) is 8.01. The number of benzene rings is 1. The Morgan fingerprint density at radius 2 is 1.87 bits per heavy atom. The van der Waals surface area contributed by atoms with E-state index in [2.05, 4.69) is 10.6 Å². The quantitative estimate of drug-likeness (QED) is 0.598. The van der Waals surface area contributed by atoms with Gasteiger partial charge < -0.3 is 21.1 Å². The van der Waals surface area contributed by atoms with Crippen LogP contribution in [0.4, 0.5) is 0 Å². The minimum Gasteiger partial charge on any atom is -0.494 e. The minimum atomic E-state index is -0.577. The summed E-state index contributed by atoms with van der Waals surface area (Å²) in [6.07, 6.45) is 0.712. The van der Waals surface area contributed by atoms with Crippen LogP contribution in [0.25, 0.3) is 0 Å². The number of hydrogen-bond acceptors (Lipinski definition) is 4. The molecule has 23 heavy (non-hydrogen) atoms. The van der Waals surface area contributed by atoms with Crippen LogP contribution >= 0.6 is 0 Å². The van der Waals surface area contributed by atoms with Crippen molar-refractivity contribution in [1.82, 2.24) is 10.6 Å². The van der Waals surface area contributed by atoms with Gasteiger partial charge in [0.15, 0.2) is 0 Å². The van der Waals surface area contributed by atoms with Crippen LogP contribution in [-0.2, 0) is 4.79 Å². The highest BCUT2D eigenvalue weighted by Gasteiger charge is 2.24. The molecule has 6 heteroatoms. The lowest BCUT2D eigenvalue weighted by molar-refractivity contribution is -0.123. The monoisotopic (exact) mass is 321 g/mol. The van der Waals surface area contributed by atoms with E-state index in [1.807, 2.05) is 20.8 Å². The molecule has 1 aromatic rings. The van der Waals surface area contributed by atoms with E-state index < -0.39 is 6.04 Å². The Morgan fingerprint density at radius 3 is 2.39 bits per heavy atom. The van der Waals surface area contributed by atoms with Crippen molar-refractivity contribution in [3.8, 4) is 5.75 Å². The topological polar surface area (TPSA) is 93.4 Å². The molecule has 1 aromatic carbocycles. The normalized spacial score (nSPS) is 11.9. The minimum absolute atomic E-state index is 0.0143. The van der Waals surface area contributed by atoms with Crippen molar-refractivity contribution in [2.24, 2.45) is 11.7 Å². The van der Waals surface area contributed by atoms with Gasteiger partial charge in [-0.3, -0.25) is 9.59 Å². The first-order chi connectivity index (χ1) is 11.0. The fourth-order valence-corrected chi connectivity index (χ4v) is 2.05. The maximum Gasteiger partial charge on any atom is 0.251 e. The van der Waals surface area contributed by atoms with Crippen LogP contribution in [0.1, 0.15) is 37.6 Å². The molecule has 0 fully saturated rings. The third-order valence-electron chi connectivity index (χ3n) is 3.34. The first kappa shape index (κ1) is 19.0. The van der Waals surface area contributed by atoms with E-state index in [0.717, 1.165) is 0 Å². The number of nitrogens with two attached hydrogens (primary N) is 1. The average molecular weight is 321 g/mol. The molecule has 6 nitrogen and oxygen atoms in total. The summed E-state index contributed by atoms with van der Waals surface area (Å²) in [5.41, 5.74) is 5.90. The second-order valence-corrected chi connectivity index (χ2v) is 5.59. The maximum atomic E-state index is 12.3. The molecule has 1 rings (SSSR count). The average Bonchev–Trinajstić information content (AvgIpc) is 2.53. The zero-order valence-electron chi connectivity index (χ0n) is 14.1. The highest BCUT2D eigenvalue weighted by molar-refractivity contribution is 5.97. The molecule has 2 amide bonds. The lowest BCUT2D eigenvalue weighted by Gasteiger charge is -2.21. The molecule has 0 spiro atoms. The second-order valence-electron chi connectivity index (χ2n) is 5.59. The molecular weight excluding hydrogens is 294 g/mol. The molecule has 0 aliphatic heterocycles. The van der Waals surface area contributed by atoms with E-state index in [1.165, 1.54) is 0 Å². The highest BCUT2D eigenvalue weighted by Crippen LogP contribution is 2.12. The summed E-state index contributed by atoms with van der Waals surface area (Å²) >= 11 is 0. The van der Waals surface area contributed by atoms with E-state index in [1.54, 1.807) is 24.3 Å². The molecule has 0 bridgehead atoms. The largest absolute Gasteiger partial charge is 0.494 e. The molecule has 1 atom stereocenters. The maximum absolute atomic E-state index is 12.3. The summed E-state index contributed by atoms with van der Waals surface area (Å²) in [5, 5.41) is 5.58. The molecule has 0 aromatic heterocycles. The standard InChI is InChI=1S/C17H27N3O3/c1-4-23-14-8-6-13(7-9-14)16(21)20-15(12(2)3)17(22)19-11-5-10-18/h6-9,12,15H,4-5,10-11,18H2,1-3H3,(H,19,22)(H,20,21). The molecular formula is C17H27N3O3. The molecule has 0 radical (unpaired) electrons. The van der Waals surface area contributed by atoms with Crippen LogP contribution in [0, 0.1) is 5.92 Å². The van der Waals surface area contributed by atoms with Crippen molar-refractivity contribution < 1.29 is 14.3 Å². The summed E-state index contributed by atoms with van der Waals surface area (Å²) < 4.78 is 5.35. The van der Waals surface area contributed by atoms with Gasteiger partial charge in [-0.2, -0.15) is 0 Å². The van der Waals surface area contributed by atoms with Crippen molar-refractivity contribution in [2.75, 3.05) is 19.7 Å². The number of hydrogen-bond donors (Lipinski definition) is 3. The predicted octanol–water partition coefficient (Wildman–Crippen LogP) is 1.30. The van der Waals surface area contributed by atoms with Gasteiger partial charge in [-0.15, -0.1) is 0 Å². The van der Waals surface area contributed by atoms with E-state index >= 15 is 0 Å². The number of amides is 2. The van der Waals surface area contributed by atoms with E-state index in [9.17, 15) is 9.59 Å². The fraction of sp³-hybridized carbons (Fsp3) is 0.529. The smallest absolute Gasteiger partial charge is 0.251 e. The van der Waals surface area contributed by atoms with Gasteiger partial charge in [0, 0.05) is 12.1 Å². The summed E-state index contributed by atoms with van der Waals surface area (Å²) in [6.45, 7) is 7.29. The zero-order valence-corrected chi connectivity index (χ0v) is 14.1. The Bertz CT molecular complexity index is 500. The SMILES string of the molecule is CCOc1ccc(C(=O)NC(C(=O)NCCCN)C(C)C)cc1. The number of ether oxygens (including phenoxy) is 1. The lowest BCUT2D eigenvalue weighted by Crippen LogP contribution is -2.50. The fourth-order valence-electron chi connectivity index (χ4n) is 2.05. The van der Waals surface area contributed by atoms with Crippen LogP contribution in [-0.4, -0.2) is 37.6 Å². The molecule has 0 aliphatic rings. The van der Waals surface area contributed by atoms with Gasteiger partial charge in [0.25, 0.3) is 5.91 Å². The molecule has 0 heterocycles. The third-order valence-corrected chi connectivity index (χ3v) is 3.34. The van der Waals surface area contributed by atoms with Crippen LogP contribution in [0.2, 0.25) is 0 Å². The van der Waals surface area contributed by atoms with Crippen molar-refractivity contribution in [3.05, 3.63) is 29.8 Å². The first-order valence-corrected chi connectivity index (χ1v) is 8.01. The Labute approximate surface area is 137 Å². The van der Waals surface area contributed by atoms with E-state index in [4.69, 9.17) is 10.5 Å². The summed E-state index contributed by atoms with van der Waals surface area (Å²) in [4.78, 5) is 24.5. The van der Waals surface area contributed by atoms with Crippen molar-refractivity contribution in [3.63, 3.8) is 0 Å². The molecule has 128 valence electrons. The van der Waals surface area contributed by atoms with Crippen molar-refractivity contribution in [2.45, 2.75) is 33.2 Å². The number of nitrogens with one attached hydrogen (secondary N) is 2. The van der Waals surface area contributed by atoms with Crippen molar-refractivity contribution in [1.29, 1.82) is 0 Å². The van der Waals surface area contributed by atoms with Crippen LogP contribution in [0.15, 0.2) is 24.3 Å². The summed E-state index contributed by atoms with van der Waals surface area (Å²) in [6, 6.07) is 6.27. The van der Waals surface area contributed by atoms with Gasteiger partial charge in [0.2, 0.25) is 5.91 Å². The van der Waals surface area contributed by atoms with Gasteiger partial charge in [0.1, 0.15) is 11.8 Å². The molecule has 4 N–H and O–H groups in total. The Morgan fingerprint density at radius 1 is 1.22 bits per heavy atom. The molecule has 0 saturated carbocycles. The number of rotatable bonds is 9. The van der Waals surface area contributed by atoms with E-state index in [0.29, 0.717) is 37.4 Å². The van der Waals surface area contributed by atoms with Gasteiger partial charge in [-0.25, -0.2) is 0 Å². The lowest BCUT2D eigenvalue weighted by atomic mass is 10.0. The van der Waals surface area contributed by atoms with Crippen LogP contribution in [0.5, 0.6) is 5.75 Å². The van der Waals surface area contributed by atoms with E-state index in [-0.39, 0.29) is 17.7 Å². The van der Waals surface area contributed by atoms with Gasteiger partial charge in [-0.05, 0) is 50.1 Å². The van der Waals surface area contributed by atoms with Crippen LogP contribution in [0.3, 0.4) is 0 Å². The third kappa shape index (κ3) is 6.28. The molecule has 1 unspecified atom stereocenters. The van der Waals surface area contributed by atoms with Crippen molar-refractivity contribution >= 4 is 11.8 Å². The predicted molar refractivity (Wildman–Crippen MR) is 90.4 cm³/mol. The number of carbonyl (C=O) groups is 2. The Balaban J connectivity index is 2.67. The Kier molecular flexibility index (Phi) is 8.11. The second kappa shape index (κ2) is 9.84. The molecule has 0 aliphatic carbocycles. The van der Waals surface area contributed by atoms with Crippen LogP contribution < -0.4 is 21.1 Å². The summed E-state index contributed by atoms with van der Waals surface area (Å²) in [7, 11) is 0. The Hall–Kier alpha value is -2.08. The highest BCUT2D eigenvalue weighted by atomic mass is 16.5. The van der Waals surface area contributed by atoms with Gasteiger partial charge >= 0.3 is 0 Å². The summed E-state index contributed by atoms with van der Waals surface area (Å²) in [5.74, 6) is 0.233.